The van der Waals surface area contributed by atoms with E-state index in [9.17, 15) is 9.59 Å². The minimum Gasteiger partial charge on any atom is -0.479 e. The lowest BCUT2D eigenvalue weighted by atomic mass is 10.1. The Labute approximate surface area is 229 Å². The smallest absolute Gasteiger partial charge is 0.265 e. The number of amides is 2. The first-order valence-corrected chi connectivity index (χ1v) is 12.7. The lowest BCUT2D eigenvalue weighted by molar-refractivity contribution is -0.122. The number of ether oxygens (including phenoxy) is 1. The summed E-state index contributed by atoms with van der Waals surface area (Å²) in [6, 6.07) is 17.0. The van der Waals surface area contributed by atoms with Gasteiger partial charge in [0.05, 0.1) is 15.7 Å². The summed E-state index contributed by atoms with van der Waals surface area (Å²) < 4.78 is 5.67. The van der Waals surface area contributed by atoms with Crippen molar-refractivity contribution in [1.82, 2.24) is 4.90 Å². The van der Waals surface area contributed by atoms with Crippen LogP contribution in [-0.4, -0.2) is 49.0 Å². The first-order chi connectivity index (χ1) is 17.2. The van der Waals surface area contributed by atoms with Crippen LogP contribution in [0.4, 0.5) is 11.4 Å². The van der Waals surface area contributed by atoms with Crippen molar-refractivity contribution in [2.45, 2.75) is 13.0 Å². The van der Waals surface area contributed by atoms with E-state index in [1.165, 1.54) is 0 Å². The molecule has 0 spiro atoms. The highest BCUT2D eigenvalue weighted by Crippen LogP contribution is 2.31. The highest BCUT2D eigenvalue weighted by atomic mass is 35.5. The maximum Gasteiger partial charge on any atom is 0.265 e. The number of nitrogens with one attached hydrogen (secondary N) is 1. The van der Waals surface area contributed by atoms with Crippen molar-refractivity contribution >= 4 is 69.6 Å². The van der Waals surface area contributed by atoms with Crippen molar-refractivity contribution in [3.05, 3.63) is 86.3 Å². The van der Waals surface area contributed by atoms with E-state index in [1.807, 2.05) is 11.0 Å². The van der Waals surface area contributed by atoms with E-state index < -0.39 is 6.10 Å². The van der Waals surface area contributed by atoms with E-state index >= 15 is 0 Å². The molecule has 1 aliphatic rings. The standard InChI is InChI=1S/C26H23Cl4N3O3/c1-16(36-24-9-6-19(28)14-22(24)30)25(34)31-20-7-8-23(21(29)15-20)32-10-12-33(13-11-32)26(35)17-2-4-18(27)5-3-17/h2-9,14-16H,10-13H2,1H3,(H,31,34). The van der Waals surface area contributed by atoms with Gasteiger partial charge in [0.25, 0.3) is 11.8 Å². The fourth-order valence-electron chi connectivity index (χ4n) is 3.83. The molecular weight excluding hydrogens is 544 g/mol. The number of carbonyl (C=O) groups is 2. The van der Waals surface area contributed by atoms with Gasteiger partial charge < -0.3 is 19.9 Å². The average molecular weight is 567 g/mol. The summed E-state index contributed by atoms with van der Waals surface area (Å²) in [5.41, 5.74) is 2.00. The number of nitrogens with zero attached hydrogens (tertiary/aromatic N) is 2. The minimum atomic E-state index is -0.798. The van der Waals surface area contributed by atoms with Gasteiger partial charge >= 0.3 is 0 Å². The molecule has 4 rings (SSSR count). The molecule has 0 radical (unpaired) electrons. The van der Waals surface area contributed by atoms with Crippen molar-refractivity contribution in [3.63, 3.8) is 0 Å². The number of carbonyl (C=O) groups excluding carboxylic acids is 2. The third kappa shape index (κ3) is 6.37. The molecule has 0 aliphatic carbocycles. The normalized spacial score (nSPS) is 14.4. The Hall–Kier alpha value is -2.64. The Balaban J connectivity index is 1.33. The summed E-state index contributed by atoms with van der Waals surface area (Å²) in [5, 5.41) is 4.71. The number of hydrogen-bond donors (Lipinski definition) is 1. The first-order valence-electron chi connectivity index (χ1n) is 11.2. The molecule has 0 saturated carbocycles. The Morgan fingerprint density at radius 1 is 0.833 bits per heavy atom. The number of benzene rings is 3. The SMILES string of the molecule is CC(Oc1ccc(Cl)cc1Cl)C(=O)Nc1ccc(N2CCN(C(=O)c3ccc(Cl)cc3)CC2)c(Cl)c1. The van der Waals surface area contributed by atoms with Crippen LogP contribution in [0.25, 0.3) is 0 Å². The predicted molar refractivity (Wildman–Crippen MR) is 146 cm³/mol. The second kappa shape index (κ2) is 11.6. The molecule has 188 valence electrons. The van der Waals surface area contributed by atoms with E-state index in [-0.39, 0.29) is 11.8 Å². The second-order valence-corrected chi connectivity index (χ2v) is 9.96. The highest BCUT2D eigenvalue weighted by molar-refractivity contribution is 6.35. The fraction of sp³-hybridized carbons (Fsp3) is 0.231. The van der Waals surface area contributed by atoms with Crippen LogP contribution < -0.4 is 15.0 Å². The summed E-state index contributed by atoms with van der Waals surface area (Å²) in [4.78, 5) is 29.3. The van der Waals surface area contributed by atoms with E-state index in [4.69, 9.17) is 51.1 Å². The summed E-state index contributed by atoms with van der Waals surface area (Å²) >= 11 is 24.5. The molecule has 10 heteroatoms. The van der Waals surface area contributed by atoms with E-state index in [2.05, 4.69) is 10.2 Å². The van der Waals surface area contributed by atoms with Crippen LogP contribution in [0.1, 0.15) is 17.3 Å². The van der Waals surface area contributed by atoms with Gasteiger partial charge in [0, 0.05) is 47.5 Å². The Morgan fingerprint density at radius 2 is 1.50 bits per heavy atom. The minimum absolute atomic E-state index is 0.0216. The van der Waals surface area contributed by atoms with Gasteiger partial charge in [-0.1, -0.05) is 46.4 Å². The topological polar surface area (TPSA) is 61.9 Å². The van der Waals surface area contributed by atoms with Crippen LogP contribution in [0.3, 0.4) is 0 Å². The van der Waals surface area contributed by atoms with E-state index in [0.29, 0.717) is 63.3 Å². The summed E-state index contributed by atoms with van der Waals surface area (Å²) in [6.07, 6.45) is -0.798. The second-order valence-electron chi connectivity index (χ2n) is 8.28. The molecule has 0 aromatic heterocycles. The predicted octanol–water partition coefficient (Wildman–Crippen LogP) is 6.67. The molecule has 1 saturated heterocycles. The average Bonchev–Trinajstić information content (AvgIpc) is 2.86. The van der Waals surface area contributed by atoms with Crippen LogP contribution in [0.2, 0.25) is 20.1 Å². The molecule has 1 unspecified atom stereocenters. The van der Waals surface area contributed by atoms with Gasteiger partial charge in [-0.05, 0) is 67.6 Å². The largest absolute Gasteiger partial charge is 0.479 e. The quantitative estimate of drug-likeness (QED) is 0.362. The van der Waals surface area contributed by atoms with Crippen LogP contribution >= 0.6 is 46.4 Å². The van der Waals surface area contributed by atoms with Gasteiger partial charge in [0.15, 0.2) is 6.10 Å². The van der Waals surface area contributed by atoms with Crippen LogP contribution in [-0.2, 0) is 4.79 Å². The molecule has 1 N–H and O–H groups in total. The van der Waals surface area contributed by atoms with Crippen LogP contribution in [0, 0.1) is 0 Å². The lowest BCUT2D eigenvalue weighted by Crippen LogP contribution is -2.48. The molecule has 0 bridgehead atoms. The molecule has 36 heavy (non-hydrogen) atoms. The molecule has 3 aromatic carbocycles. The van der Waals surface area contributed by atoms with Crippen molar-refractivity contribution in [3.8, 4) is 5.75 Å². The van der Waals surface area contributed by atoms with Gasteiger partial charge in [-0.15, -0.1) is 0 Å². The van der Waals surface area contributed by atoms with Gasteiger partial charge in [-0.3, -0.25) is 9.59 Å². The van der Waals surface area contributed by atoms with Crippen molar-refractivity contribution in [2.75, 3.05) is 36.4 Å². The van der Waals surface area contributed by atoms with Crippen molar-refractivity contribution in [1.29, 1.82) is 0 Å². The van der Waals surface area contributed by atoms with Crippen molar-refractivity contribution < 1.29 is 14.3 Å². The van der Waals surface area contributed by atoms with Crippen LogP contribution in [0.5, 0.6) is 5.75 Å². The first kappa shape index (κ1) is 26.4. The maximum atomic E-state index is 12.7. The number of rotatable bonds is 6. The highest BCUT2D eigenvalue weighted by Gasteiger charge is 2.24. The third-order valence-corrected chi connectivity index (χ3v) is 6.87. The van der Waals surface area contributed by atoms with Gasteiger partial charge in [-0.25, -0.2) is 0 Å². The molecule has 1 atom stereocenters. The number of piperazine rings is 1. The third-order valence-electron chi connectivity index (χ3n) is 5.78. The summed E-state index contributed by atoms with van der Waals surface area (Å²) in [5.74, 6) is -0.00311. The monoisotopic (exact) mass is 565 g/mol. The lowest BCUT2D eigenvalue weighted by Gasteiger charge is -2.36. The Bertz CT molecular complexity index is 1260. The number of anilines is 2. The number of hydrogen-bond acceptors (Lipinski definition) is 4. The maximum absolute atomic E-state index is 12.7. The van der Waals surface area contributed by atoms with Crippen LogP contribution in [0.15, 0.2) is 60.7 Å². The summed E-state index contributed by atoms with van der Waals surface area (Å²) in [6.45, 7) is 4.03. The molecule has 2 amide bonds. The fourth-order valence-corrected chi connectivity index (χ4v) is 4.70. The Morgan fingerprint density at radius 3 is 2.14 bits per heavy atom. The van der Waals surface area contributed by atoms with Gasteiger partial charge in [0.2, 0.25) is 0 Å². The van der Waals surface area contributed by atoms with E-state index in [1.54, 1.807) is 61.5 Å². The number of halogens is 4. The molecular formula is C26H23Cl4N3O3. The molecule has 6 nitrogen and oxygen atoms in total. The zero-order valence-electron chi connectivity index (χ0n) is 19.3. The molecule has 1 aliphatic heterocycles. The van der Waals surface area contributed by atoms with Gasteiger partial charge in [-0.2, -0.15) is 0 Å². The molecule has 3 aromatic rings. The summed E-state index contributed by atoms with van der Waals surface area (Å²) in [7, 11) is 0. The molecule has 1 heterocycles. The zero-order chi connectivity index (χ0) is 25.8. The van der Waals surface area contributed by atoms with Gasteiger partial charge in [0.1, 0.15) is 5.75 Å². The van der Waals surface area contributed by atoms with Crippen molar-refractivity contribution in [2.24, 2.45) is 0 Å². The molecule has 1 fully saturated rings. The van der Waals surface area contributed by atoms with E-state index in [0.717, 1.165) is 5.69 Å². The zero-order valence-corrected chi connectivity index (χ0v) is 22.3. The Kier molecular flexibility index (Phi) is 8.52.